The zero-order valence-electron chi connectivity index (χ0n) is 22.2. The summed E-state index contributed by atoms with van der Waals surface area (Å²) in [7, 11) is 0. The number of hydrogen-bond acceptors (Lipinski definition) is 2. The molecule has 37 heavy (non-hydrogen) atoms. The topological polar surface area (TPSA) is 51.9 Å². The van der Waals surface area contributed by atoms with Crippen LogP contribution in [0.3, 0.4) is 0 Å². The van der Waals surface area contributed by atoms with Crippen molar-refractivity contribution in [2.24, 2.45) is 0 Å². The molecule has 5 heteroatoms. The average molecular weight is 491 g/mol. The second-order valence-electron chi connectivity index (χ2n) is 10.1. The fraction of sp³-hybridized carbons (Fsp3) is 0.250. The van der Waals surface area contributed by atoms with Crippen LogP contribution in [0.5, 0.6) is 0 Å². The van der Waals surface area contributed by atoms with Crippen molar-refractivity contribution < 1.29 is 4.79 Å². The number of nitrogens with one attached hydrogen (secondary N) is 1. The molecule has 0 radical (unpaired) electrons. The molecule has 3 aromatic carbocycles. The van der Waals surface area contributed by atoms with Crippen LogP contribution in [0.2, 0.25) is 0 Å². The fourth-order valence-corrected chi connectivity index (χ4v) is 4.83. The van der Waals surface area contributed by atoms with Crippen molar-refractivity contribution in [2.45, 2.75) is 53.2 Å². The molecular weight excluding hydrogens is 456 g/mol. The third kappa shape index (κ3) is 4.94. The minimum absolute atomic E-state index is 0.0759. The van der Waals surface area contributed by atoms with Gasteiger partial charge in [0.05, 0.1) is 12.2 Å². The van der Waals surface area contributed by atoms with Crippen LogP contribution in [0.25, 0.3) is 22.0 Å². The first-order chi connectivity index (χ1) is 17.8. The molecule has 5 nitrogen and oxygen atoms in total. The molecule has 0 unspecified atom stereocenters. The molecule has 1 N–H and O–H groups in total. The molecule has 2 heterocycles. The first-order valence-corrected chi connectivity index (χ1v) is 12.9. The number of fused-ring (bicyclic) bond motifs is 1. The van der Waals surface area contributed by atoms with E-state index in [1.54, 1.807) is 0 Å². The lowest BCUT2D eigenvalue weighted by molar-refractivity contribution is 0.0940. The summed E-state index contributed by atoms with van der Waals surface area (Å²) in [5.74, 6) is -0.0759. The number of carbonyl (C=O) groups is 1. The zero-order valence-corrected chi connectivity index (χ0v) is 22.2. The highest BCUT2D eigenvalue weighted by Crippen LogP contribution is 2.28. The van der Waals surface area contributed by atoms with E-state index in [4.69, 9.17) is 0 Å². The lowest BCUT2D eigenvalue weighted by atomic mass is 10.0. The van der Waals surface area contributed by atoms with Crippen LogP contribution in [-0.2, 0) is 6.54 Å². The molecule has 0 saturated carbocycles. The van der Waals surface area contributed by atoms with E-state index in [0.717, 1.165) is 23.0 Å². The van der Waals surface area contributed by atoms with Crippen LogP contribution in [0.4, 0.5) is 0 Å². The molecule has 0 bridgehead atoms. The number of nitrogens with zero attached hydrogens (tertiary/aromatic N) is 3. The van der Waals surface area contributed by atoms with Crippen LogP contribution >= 0.6 is 0 Å². The van der Waals surface area contributed by atoms with Gasteiger partial charge in [-0.1, -0.05) is 54.6 Å². The number of benzene rings is 3. The summed E-state index contributed by atoms with van der Waals surface area (Å²) in [6, 6.07) is 25.4. The molecule has 188 valence electrons. The Labute approximate surface area is 218 Å². The number of rotatable bonds is 7. The molecule has 1 atom stereocenters. The number of aryl methyl sites for hydroxylation is 1. The summed E-state index contributed by atoms with van der Waals surface area (Å²) in [5.41, 5.74) is 8.92. The van der Waals surface area contributed by atoms with Crippen LogP contribution in [0, 0.1) is 13.8 Å². The van der Waals surface area contributed by atoms with Gasteiger partial charge < -0.3 is 9.88 Å². The van der Waals surface area contributed by atoms with Crippen LogP contribution in [0.15, 0.2) is 85.2 Å². The summed E-state index contributed by atoms with van der Waals surface area (Å²) in [4.78, 5) is 13.1. The van der Waals surface area contributed by atoms with Crippen molar-refractivity contribution >= 4 is 16.8 Å². The van der Waals surface area contributed by atoms with E-state index in [0.29, 0.717) is 5.56 Å². The van der Waals surface area contributed by atoms with Crippen molar-refractivity contribution in [3.63, 3.8) is 0 Å². The molecule has 0 fully saturated rings. The lowest BCUT2D eigenvalue weighted by Crippen LogP contribution is -2.26. The van der Waals surface area contributed by atoms with Crippen molar-refractivity contribution in [3.05, 3.63) is 113 Å². The van der Waals surface area contributed by atoms with Gasteiger partial charge in [-0.05, 0) is 75.1 Å². The van der Waals surface area contributed by atoms with E-state index < -0.39 is 0 Å². The van der Waals surface area contributed by atoms with Crippen molar-refractivity contribution in [1.82, 2.24) is 19.7 Å². The van der Waals surface area contributed by atoms with Gasteiger partial charge in [-0.2, -0.15) is 5.10 Å². The number of amides is 1. The molecule has 0 aliphatic heterocycles. The normalized spacial score (nSPS) is 12.3. The van der Waals surface area contributed by atoms with Gasteiger partial charge in [-0.3, -0.25) is 9.48 Å². The van der Waals surface area contributed by atoms with E-state index in [1.807, 2.05) is 42.2 Å². The van der Waals surface area contributed by atoms with Crippen molar-refractivity contribution in [1.29, 1.82) is 0 Å². The largest absolute Gasteiger partial charge is 0.345 e. The van der Waals surface area contributed by atoms with E-state index >= 15 is 0 Å². The molecule has 0 aliphatic rings. The SMILES string of the molecule is Cc1c(C)n(Cc2ccc(-c3ccccc3)cc2)c2ccc(C(=O)N[C@@H](C)c3cnn(C(C)C)c3)cc12. The lowest BCUT2D eigenvalue weighted by Gasteiger charge is -2.13. The summed E-state index contributed by atoms with van der Waals surface area (Å²) < 4.78 is 4.25. The summed E-state index contributed by atoms with van der Waals surface area (Å²) in [5, 5.41) is 8.65. The minimum atomic E-state index is -0.123. The molecular formula is C32H34N4O. The highest BCUT2D eigenvalue weighted by atomic mass is 16.1. The molecule has 0 spiro atoms. The molecule has 2 aromatic heterocycles. The predicted molar refractivity (Wildman–Crippen MR) is 151 cm³/mol. The van der Waals surface area contributed by atoms with Gasteiger partial charge in [0.15, 0.2) is 0 Å². The maximum absolute atomic E-state index is 13.1. The number of aromatic nitrogens is 3. The highest BCUT2D eigenvalue weighted by molar-refractivity contribution is 5.99. The summed E-state index contributed by atoms with van der Waals surface area (Å²) in [6.07, 6.45) is 3.83. The predicted octanol–water partition coefficient (Wildman–Crippen LogP) is 7.24. The van der Waals surface area contributed by atoms with E-state index in [-0.39, 0.29) is 18.0 Å². The quantitative estimate of drug-likeness (QED) is 0.261. The van der Waals surface area contributed by atoms with Crippen molar-refractivity contribution in [3.8, 4) is 11.1 Å². The van der Waals surface area contributed by atoms with Crippen LogP contribution in [-0.4, -0.2) is 20.3 Å². The molecule has 5 aromatic rings. The maximum Gasteiger partial charge on any atom is 0.251 e. The van der Waals surface area contributed by atoms with Gasteiger partial charge in [0, 0.05) is 46.5 Å². The number of hydrogen-bond donors (Lipinski definition) is 1. The Balaban J connectivity index is 1.36. The fourth-order valence-electron chi connectivity index (χ4n) is 4.83. The van der Waals surface area contributed by atoms with E-state index in [1.165, 1.54) is 27.9 Å². The average Bonchev–Trinajstić information content (AvgIpc) is 3.50. The van der Waals surface area contributed by atoms with Gasteiger partial charge in [-0.15, -0.1) is 0 Å². The maximum atomic E-state index is 13.1. The van der Waals surface area contributed by atoms with Crippen LogP contribution in [0.1, 0.15) is 65.6 Å². The Bertz CT molecular complexity index is 1540. The Morgan fingerprint density at radius 3 is 2.30 bits per heavy atom. The van der Waals surface area contributed by atoms with E-state index in [9.17, 15) is 4.79 Å². The third-order valence-electron chi connectivity index (χ3n) is 7.30. The van der Waals surface area contributed by atoms with Crippen LogP contribution < -0.4 is 5.32 Å². The van der Waals surface area contributed by atoms with Gasteiger partial charge in [-0.25, -0.2) is 0 Å². The Kier molecular flexibility index (Phi) is 6.70. The second-order valence-corrected chi connectivity index (χ2v) is 10.1. The first-order valence-electron chi connectivity index (χ1n) is 12.9. The Hall–Kier alpha value is -4.12. The Morgan fingerprint density at radius 2 is 1.62 bits per heavy atom. The molecule has 0 saturated heterocycles. The third-order valence-corrected chi connectivity index (χ3v) is 7.30. The molecule has 5 rings (SSSR count). The standard InChI is InChI=1S/C32H34N4O/c1-21(2)36-20-29(18-33-36)23(4)34-32(37)28-15-16-31-30(17-28)22(3)24(5)35(31)19-25-11-13-27(14-12-25)26-9-7-6-8-10-26/h6-18,20-21,23H,19H2,1-5H3,(H,34,37)/t23-/m0/s1. The zero-order chi connectivity index (χ0) is 26.1. The number of carbonyl (C=O) groups excluding carboxylic acids is 1. The second kappa shape index (κ2) is 10.1. The van der Waals surface area contributed by atoms with Gasteiger partial charge in [0.25, 0.3) is 5.91 Å². The first kappa shape index (κ1) is 24.6. The molecule has 0 aliphatic carbocycles. The van der Waals surface area contributed by atoms with Gasteiger partial charge >= 0.3 is 0 Å². The minimum Gasteiger partial charge on any atom is -0.345 e. The smallest absolute Gasteiger partial charge is 0.251 e. The van der Waals surface area contributed by atoms with Crippen molar-refractivity contribution in [2.75, 3.05) is 0 Å². The van der Waals surface area contributed by atoms with Gasteiger partial charge in [0.1, 0.15) is 0 Å². The van der Waals surface area contributed by atoms with E-state index in [2.05, 4.69) is 97.3 Å². The Morgan fingerprint density at radius 1 is 0.919 bits per heavy atom. The van der Waals surface area contributed by atoms with Gasteiger partial charge in [0.2, 0.25) is 0 Å². The highest BCUT2D eigenvalue weighted by Gasteiger charge is 2.17. The monoisotopic (exact) mass is 490 g/mol. The summed E-state index contributed by atoms with van der Waals surface area (Å²) in [6.45, 7) is 11.2. The molecule has 1 amide bonds. The summed E-state index contributed by atoms with van der Waals surface area (Å²) >= 11 is 0.